The van der Waals surface area contributed by atoms with Crippen LogP contribution in [-0.2, 0) is 6.54 Å². The maximum atomic E-state index is 6.28. The molecular weight excluding hydrogens is 268 g/mol. The molecule has 0 saturated carbocycles. The van der Waals surface area contributed by atoms with Crippen LogP contribution in [0, 0.1) is 6.92 Å². The summed E-state index contributed by atoms with van der Waals surface area (Å²) >= 11 is 6.28. The molecule has 0 unspecified atom stereocenters. The molecule has 3 aromatic rings. The van der Waals surface area contributed by atoms with E-state index < -0.39 is 0 Å². The van der Waals surface area contributed by atoms with Crippen molar-refractivity contribution < 1.29 is 0 Å². The van der Waals surface area contributed by atoms with Gasteiger partial charge in [0.25, 0.3) is 0 Å². The first-order valence-corrected chi connectivity index (χ1v) is 6.94. The average Bonchev–Trinajstić information content (AvgIpc) is 2.84. The molecule has 0 saturated heterocycles. The first kappa shape index (κ1) is 12.9. The molecule has 0 aliphatic rings. The summed E-state index contributed by atoms with van der Waals surface area (Å²) < 4.78 is 1.83. The maximum Gasteiger partial charge on any atom is 0.128 e. The first-order chi connectivity index (χ1) is 9.72. The van der Waals surface area contributed by atoms with Gasteiger partial charge in [0.1, 0.15) is 5.15 Å². The van der Waals surface area contributed by atoms with Crippen LogP contribution in [0.5, 0.6) is 0 Å². The summed E-state index contributed by atoms with van der Waals surface area (Å²) in [5.74, 6) is 0. The van der Waals surface area contributed by atoms with Crippen molar-refractivity contribution in [3.63, 3.8) is 0 Å². The molecule has 0 fully saturated rings. The molecule has 0 radical (unpaired) electrons. The lowest BCUT2D eigenvalue weighted by Crippen LogP contribution is -2.01. The van der Waals surface area contributed by atoms with Crippen molar-refractivity contribution in [2.24, 2.45) is 0 Å². The second kappa shape index (κ2) is 5.51. The third kappa shape index (κ3) is 2.75. The fourth-order valence-electron chi connectivity index (χ4n) is 2.12. The molecule has 0 amide bonds. The van der Waals surface area contributed by atoms with Crippen LogP contribution in [0.1, 0.15) is 11.1 Å². The number of nitrogens with zero attached hydrogens (tertiary/aromatic N) is 2. The molecule has 1 heterocycles. The topological polar surface area (TPSA) is 17.8 Å². The highest BCUT2D eigenvalue weighted by molar-refractivity contribution is 6.29. The number of halogens is 1. The van der Waals surface area contributed by atoms with E-state index >= 15 is 0 Å². The third-order valence-electron chi connectivity index (χ3n) is 3.25. The Labute approximate surface area is 123 Å². The molecule has 0 spiro atoms. The number of aryl methyl sites for hydroxylation is 1. The van der Waals surface area contributed by atoms with E-state index in [0.29, 0.717) is 11.7 Å². The Kier molecular flexibility index (Phi) is 3.57. The second-order valence-corrected chi connectivity index (χ2v) is 5.25. The molecule has 0 aliphatic heterocycles. The first-order valence-electron chi connectivity index (χ1n) is 6.57. The van der Waals surface area contributed by atoms with Crippen molar-refractivity contribution in [1.82, 2.24) is 9.78 Å². The Hall–Kier alpha value is -2.06. The van der Waals surface area contributed by atoms with E-state index in [1.807, 2.05) is 41.1 Å². The van der Waals surface area contributed by atoms with E-state index in [1.165, 1.54) is 11.1 Å². The van der Waals surface area contributed by atoms with Crippen molar-refractivity contribution in [2.45, 2.75) is 13.5 Å². The van der Waals surface area contributed by atoms with E-state index in [1.54, 1.807) is 0 Å². The van der Waals surface area contributed by atoms with Crippen LogP contribution < -0.4 is 0 Å². The lowest BCUT2D eigenvalue weighted by atomic mass is 10.1. The molecule has 3 heteroatoms. The van der Waals surface area contributed by atoms with Crippen molar-refractivity contribution >= 4 is 11.6 Å². The van der Waals surface area contributed by atoms with Crippen molar-refractivity contribution in [1.29, 1.82) is 0 Å². The maximum absolute atomic E-state index is 6.28. The minimum atomic E-state index is 0.657. The fraction of sp³-hybridized carbons (Fsp3) is 0.118. The van der Waals surface area contributed by atoms with Gasteiger partial charge in [-0.15, -0.1) is 0 Å². The molecule has 0 aliphatic carbocycles. The van der Waals surface area contributed by atoms with Gasteiger partial charge < -0.3 is 0 Å². The summed E-state index contributed by atoms with van der Waals surface area (Å²) in [5, 5.41) is 5.24. The molecule has 100 valence electrons. The quantitative estimate of drug-likeness (QED) is 0.688. The van der Waals surface area contributed by atoms with Gasteiger partial charge in [0.15, 0.2) is 0 Å². The highest BCUT2D eigenvalue weighted by atomic mass is 35.5. The van der Waals surface area contributed by atoms with E-state index in [-0.39, 0.29) is 0 Å². The summed E-state index contributed by atoms with van der Waals surface area (Å²) in [6.45, 7) is 2.77. The Morgan fingerprint density at radius 2 is 1.70 bits per heavy atom. The number of benzene rings is 2. The fourth-order valence-corrected chi connectivity index (χ4v) is 2.32. The molecule has 2 nitrogen and oxygen atoms in total. The third-order valence-corrected chi connectivity index (χ3v) is 3.56. The summed E-state index contributed by atoms with van der Waals surface area (Å²) in [6.07, 6.45) is 0. The number of rotatable bonds is 3. The zero-order valence-electron chi connectivity index (χ0n) is 11.3. The molecule has 0 atom stereocenters. The van der Waals surface area contributed by atoms with E-state index in [4.69, 9.17) is 11.6 Å². The minimum absolute atomic E-state index is 0.657. The number of hydrogen-bond donors (Lipinski definition) is 0. The Bertz CT molecular complexity index is 700. The van der Waals surface area contributed by atoms with Crippen LogP contribution in [0.3, 0.4) is 0 Å². The standard InChI is InChI=1S/C17H15ClN2/c1-13-7-9-14(10-8-13)12-20-17(18)11-16(19-20)15-5-3-2-4-6-15/h2-11H,12H2,1H3. The molecule has 0 N–H and O–H groups in total. The van der Waals surface area contributed by atoms with Crippen LogP contribution in [-0.4, -0.2) is 9.78 Å². The van der Waals surface area contributed by atoms with Gasteiger partial charge in [-0.25, -0.2) is 4.68 Å². The Balaban J connectivity index is 1.88. The predicted molar refractivity (Wildman–Crippen MR) is 83.0 cm³/mol. The zero-order valence-corrected chi connectivity index (χ0v) is 12.0. The lowest BCUT2D eigenvalue weighted by molar-refractivity contribution is 0.690. The van der Waals surface area contributed by atoms with Crippen LogP contribution in [0.4, 0.5) is 0 Å². The van der Waals surface area contributed by atoms with Gasteiger partial charge in [0.2, 0.25) is 0 Å². The highest BCUT2D eigenvalue weighted by Crippen LogP contribution is 2.22. The van der Waals surface area contributed by atoms with Gasteiger partial charge >= 0.3 is 0 Å². The van der Waals surface area contributed by atoms with Crippen LogP contribution in [0.2, 0.25) is 5.15 Å². The number of aromatic nitrogens is 2. The van der Waals surface area contributed by atoms with Gasteiger partial charge in [-0.1, -0.05) is 71.8 Å². The van der Waals surface area contributed by atoms with Gasteiger partial charge in [0, 0.05) is 11.6 Å². The van der Waals surface area contributed by atoms with Crippen molar-refractivity contribution in [3.8, 4) is 11.3 Å². The summed E-state index contributed by atoms with van der Waals surface area (Å²) in [7, 11) is 0. The zero-order chi connectivity index (χ0) is 13.9. The highest BCUT2D eigenvalue weighted by Gasteiger charge is 2.08. The van der Waals surface area contributed by atoms with Crippen LogP contribution in [0.25, 0.3) is 11.3 Å². The van der Waals surface area contributed by atoms with Crippen LogP contribution in [0.15, 0.2) is 60.7 Å². The van der Waals surface area contributed by atoms with Crippen molar-refractivity contribution in [2.75, 3.05) is 0 Å². The van der Waals surface area contributed by atoms with E-state index in [9.17, 15) is 0 Å². The minimum Gasteiger partial charge on any atom is -0.249 e. The monoisotopic (exact) mass is 282 g/mol. The Morgan fingerprint density at radius 3 is 2.40 bits per heavy atom. The molecule has 20 heavy (non-hydrogen) atoms. The normalized spacial score (nSPS) is 10.7. The molecule has 1 aromatic heterocycles. The summed E-state index contributed by atoms with van der Waals surface area (Å²) in [5.41, 5.74) is 4.44. The molecular formula is C17H15ClN2. The second-order valence-electron chi connectivity index (χ2n) is 4.86. The van der Waals surface area contributed by atoms with Gasteiger partial charge in [-0.05, 0) is 12.5 Å². The predicted octanol–water partition coefficient (Wildman–Crippen LogP) is 4.56. The SMILES string of the molecule is Cc1ccc(Cn2nc(-c3ccccc3)cc2Cl)cc1. The van der Waals surface area contributed by atoms with E-state index in [2.05, 4.69) is 36.3 Å². The molecule has 2 aromatic carbocycles. The number of hydrogen-bond acceptors (Lipinski definition) is 1. The summed E-state index contributed by atoms with van der Waals surface area (Å²) in [4.78, 5) is 0. The van der Waals surface area contributed by atoms with Gasteiger partial charge in [-0.3, -0.25) is 0 Å². The van der Waals surface area contributed by atoms with Crippen LogP contribution >= 0.6 is 11.6 Å². The average molecular weight is 283 g/mol. The van der Waals surface area contributed by atoms with Gasteiger partial charge in [-0.2, -0.15) is 5.10 Å². The van der Waals surface area contributed by atoms with Gasteiger partial charge in [0.05, 0.1) is 12.2 Å². The lowest BCUT2D eigenvalue weighted by Gasteiger charge is -2.04. The van der Waals surface area contributed by atoms with E-state index in [0.717, 1.165) is 11.3 Å². The molecule has 0 bridgehead atoms. The Morgan fingerprint density at radius 1 is 1.00 bits per heavy atom. The summed E-state index contributed by atoms with van der Waals surface area (Å²) in [6, 6.07) is 20.4. The smallest absolute Gasteiger partial charge is 0.128 e. The van der Waals surface area contributed by atoms with Crippen molar-refractivity contribution in [3.05, 3.63) is 76.9 Å². The molecule has 3 rings (SSSR count). The largest absolute Gasteiger partial charge is 0.249 e.